The molecule has 1 saturated carbocycles. The minimum atomic E-state index is -0.734. The van der Waals surface area contributed by atoms with Gasteiger partial charge in [0.15, 0.2) is 11.6 Å². The van der Waals surface area contributed by atoms with E-state index in [0.717, 1.165) is 35.8 Å². The van der Waals surface area contributed by atoms with Gasteiger partial charge in [0, 0.05) is 0 Å². The standard InChI is InChI=1S/C22H33F2Si/c1-2-3-17-6-9-20(10-7-17)25-14-12-18(13-15-25)4-5-19-8-11-21(23)22(24)16-19/h8,11,16-18,20H,2-7,9-10,12-15H2,1H3. The van der Waals surface area contributed by atoms with Crippen LogP contribution in [-0.2, 0) is 6.42 Å². The fourth-order valence-electron chi connectivity index (χ4n) is 5.08. The van der Waals surface area contributed by atoms with Gasteiger partial charge < -0.3 is 0 Å². The number of hydrogen-bond donors (Lipinski definition) is 0. The Kier molecular flexibility index (Phi) is 7.09. The highest BCUT2D eigenvalue weighted by Crippen LogP contribution is 2.42. The molecule has 1 aromatic rings. The molecule has 0 amide bonds. The lowest BCUT2D eigenvalue weighted by Gasteiger charge is -2.37. The van der Waals surface area contributed by atoms with Crippen LogP contribution in [-0.4, -0.2) is 8.80 Å². The number of rotatable bonds is 6. The van der Waals surface area contributed by atoms with Gasteiger partial charge in [-0.2, -0.15) is 0 Å². The van der Waals surface area contributed by atoms with Crippen LogP contribution in [0.2, 0.25) is 17.6 Å². The van der Waals surface area contributed by atoms with Gasteiger partial charge in [0.2, 0.25) is 0 Å². The molecule has 0 spiro atoms. The van der Waals surface area contributed by atoms with E-state index >= 15 is 0 Å². The summed E-state index contributed by atoms with van der Waals surface area (Å²) in [5.41, 5.74) is 2.04. The zero-order chi connectivity index (χ0) is 17.6. The van der Waals surface area contributed by atoms with Gasteiger partial charge >= 0.3 is 0 Å². The van der Waals surface area contributed by atoms with Crippen molar-refractivity contribution < 1.29 is 8.78 Å². The van der Waals surface area contributed by atoms with E-state index in [1.54, 1.807) is 6.07 Å². The van der Waals surface area contributed by atoms with E-state index in [0.29, 0.717) is 0 Å². The molecule has 1 aliphatic heterocycles. The summed E-state index contributed by atoms with van der Waals surface area (Å²) >= 11 is 0. The number of benzene rings is 1. The minimum absolute atomic E-state index is 0.123. The van der Waals surface area contributed by atoms with Crippen LogP contribution in [0.5, 0.6) is 0 Å². The lowest BCUT2D eigenvalue weighted by Crippen LogP contribution is -2.29. The van der Waals surface area contributed by atoms with E-state index < -0.39 is 11.6 Å². The molecule has 1 heterocycles. The second-order valence-electron chi connectivity index (χ2n) is 8.40. The summed E-state index contributed by atoms with van der Waals surface area (Å²) in [5, 5.41) is 0. The van der Waals surface area contributed by atoms with Gasteiger partial charge in [-0.1, -0.05) is 76.4 Å². The summed E-state index contributed by atoms with van der Waals surface area (Å²) in [5.74, 6) is 0.391. The van der Waals surface area contributed by atoms with Gasteiger partial charge in [-0.15, -0.1) is 0 Å². The van der Waals surface area contributed by atoms with Gasteiger partial charge in [-0.05, 0) is 47.9 Å². The van der Waals surface area contributed by atoms with E-state index in [9.17, 15) is 8.78 Å². The average Bonchev–Trinajstić information content (AvgIpc) is 2.64. The smallest absolute Gasteiger partial charge is 0.159 e. The van der Waals surface area contributed by atoms with Crippen molar-refractivity contribution in [2.24, 2.45) is 11.8 Å². The van der Waals surface area contributed by atoms with Crippen LogP contribution in [0.4, 0.5) is 8.78 Å². The normalized spacial score (nSPS) is 26.0. The van der Waals surface area contributed by atoms with E-state index in [1.165, 1.54) is 75.6 Å². The summed E-state index contributed by atoms with van der Waals surface area (Å²) < 4.78 is 26.3. The monoisotopic (exact) mass is 363 g/mol. The van der Waals surface area contributed by atoms with Crippen LogP contribution in [0.1, 0.15) is 70.3 Å². The Morgan fingerprint density at radius 2 is 1.56 bits per heavy atom. The maximum atomic E-state index is 13.3. The molecule has 1 radical (unpaired) electrons. The molecule has 0 nitrogen and oxygen atoms in total. The van der Waals surface area contributed by atoms with Gasteiger partial charge in [-0.25, -0.2) is 8.78 Å². The largest absolute Gasteiger partial charge is 0.204 e. The first-order chi connectivity index (χ1) is 12.2. The summed E-state index contributed by atoms with van der Waals surface area (Å²) in [4.78, 5) is 0. The highest BCUT2D eigenvalue weighted by atomic mass is 28.3. The highest BCUT2D eigenvalue weighted by Gasteiger charge is 2.31. The van der Waals surface area contributed by atoms with Crippen molar-refractivity contribution in [3.8, 4) is 0 Å². The number of hydrogen-bond acceptors (Lipinski definition) is 0. The van der Waals surface area contributed by atoms with Crippen molar-refractivity contribution in [3.05, 3.63) is 35.4 Å². The molecule has 2 aliphatic rings. The minimum Gasteiger partial charge on any atom is -0.204 e. The summed E-state index contributed by atoms with van der Waals surface area (Å²) in [7, 11) is -0.123. The molecule has 139 valence electrons. The van der Waals surface area contributed by atoms with Gasteiger partial charge in [0.25, 0.3) is 0 Å². The van der Waals surface area contributed by atoms with E-state index in [-0.39, 0.29) is 8.80 Å². The van der Waals surface area contributed by atoms with Gasteiger partial charge in [-0.3, -0.25) is 0 Å². The quantitative estimate of drug-likeness (QED) is 0.470. The molecule has 3 rings (SSSR count). The molecule has 0 atom stereocenters. The van der Waals surface area contributed by atoms with Crippen LogP contribution in [0.3, 0.4) is 0 Å². The summed E-state index contributed by atoms with van der Waals surface area (Å²) in [6, 6.07) is 7.38. The number of aryl methyl sites for hydroxylation is 1. The molecule has 3 heteroatoms. The van der Waals surface area contributed by atoms with E-state index in [4.69, 9.17) is 0 Å². The zero-order valence-corrected chi connectivity index (χ0v) is 16.7. The average molecular weight is 364 g/mol. The number of halogens is 2. The Labute approximate surface area is 154 Å². The summed E-state index contributed by atoms with van der Waals surface area (Å²) in [6.07, 6.45) is 13.6. The fraction of sp³-hybridized carbons (Fsp3) is 0.727. The third-order valence-corrected chi connectivity index (χ3v) is 10.3. The summed E-state index contributed by atoms with van der Waals surface area (Å²) in [6.45, 7) is 2.32. The van der Waals surface area contributed by atoms with E-state index in [2.05, 4.69) is 6.92 Å². The van der Waals surface area contributed by atoms with Crippen molar-refractivity contribution in [2.75, 3.05) is 0 Å². The first-order valence-corrected chi connectivity index (χ1v) is 12.4. The molecule has 25 heavy (non-hydrogen) atoms. The Morgan fingerprint density at radius 1 is 0.880 bits per heavy atom. The van der Waals surface area contributed by atoms with Crippen molar-refractivity contribution in [1.29, 1.82) is 0 Å². The highest BCUT2D eigenvalue weighted by molar-refractivity contribution is 6.60. The zero-order valence-electron chi connectivity index (χ0n) is 15.7. The van der Waals surface area contributed by atoms with Crippen LogP contribution >= 0.6 is 0 Å². The lowest BCUT2D eigenvalue weighted by molar-refractivity contribution is 0.330. The predicted molar refractivity (Wildman–Crippen MR) is 103 cm³/mol. The molecule has 1 aromatic carbocycles. The molecule has 0 unspecified atom stereocenters. The third kappa shape index (κ3) is 5.38. The van der Waals surface area contributed by atoms with Crippen molar-refractivity contribution in [1.82, 2.24) is 0 Å². The molecular weight excluding hydrogens is 330 g/mol. The Balaban J connectivity index is 1.38. The SMILES string of the molecule is CCCC1CCC([Si]2CCC(CCc3ccc(F)c(F)c3)CC2)CC1. The topological polar surface area (TPSA) is 0 Å². The van der Waals surface area contributed by atoms with Crippen molar-refractivity contribution >= 4 is 8.80 Å². The molecule has 0 bridgehead atoms. The maximum Gasteiger partial charge on any atom is 0.159 e. The Bertz CT molecular complexity index is 529. The lowest BCUT2D eigenvalue weighted by atomic mass is 9.86. The first-order valence-electron chi connectivity index (χ1n) is 10.4. The van der Waals surface area contributed by atoms with Crippen LogP contribution in [0.25, 0.3) is 0 Å². The van der Waals surface area contributed by atoms with Crippen molar-refractivity contribution in [3.63, 3.8) is 0 Å². The first kappa shape index (κ1) is 19.1. The van der Waals surface area contributed by atoms with Gasteiger partial charge in [0.05, 0.1) is 8.80 Å². The molecular formula is C22H33F2Si. The molecule has 2 fully saturated rings. The Morgan fingerprint density at radius 3 is 2.20 bits per heavy atom. The maximum absolute atomic E-state index is 13.3. The molecule has 0 aromatic heterocycles. The second-order valence-corrected chi connectivity index (χ2v) is 11.5. The van der Waals surface area contributed by atoms with Crippen LogP contribution in [0, 0.1) is 23.5 Å². The molecule has 0 N–H and O–H groups in total. The third-order valence-electron chi connectivity index (χ3n) is 6.69. The second kappa shape index (κ2) is 9.30. The predicted octanol–water partition coefficient (Wildman–Crippen LogP) is 7.16. The molecule has 1 aliphatic carbocycles. The van der Waals surface area contributed by atoms with Crippen LogP contribution < -0.4 is 0 Å². The van der Waals surface area contributed by atoms with Crippen LogP contribution in [0.15, 0.2) is 18.2 Å². The molecule has 1 saturated heterocycles. The van der Waals surface area contributed by atoms with Gasteiger partial charge in [0.1, 0.15) is 0 Å². The fourth-order valence-corrected chi connectivity index (χ4v) is 8.85. The van der Waals surface area contributed by atoms with E-state index in [1.807, 2.05) is 0 Å². The Hall–Kier alpha value is -0.703. The van der Waals surface area contributed by atoms with Crippen molar-refractivity contribution in [2.45, 2.75) is 88.8 Å².